The molecule has 3 nitrogen and oxygen atoms in total. The zero-order chi connectivity index (χ0) is 19.7. The fourth-order valence-electron chi connectivity index (χ4n) is 3.58. The number of aryl methyl sites for hydroxylation is 2. The maximum absolute atomic E-state index is 5.56. The van der Waals surface area contributed by atoms with Gasteiger partial charge in [-0.1, -0.05) is 60.2 Å². The summed E-state index contributed by atoms with van der Waals surface area (Å²) >= 11 is 0. The first-order valence-electron chi connectivity index (χ1n) is 9.31. The number of pyridine rings is 1. The molecule has 28 heavy (non-hydrogen) atoms. The van der Waals surface area contributed by atoms with Crippen molar-refractivity contribution in [3.63, 3.8) is 0 Å². The Morgan fingerprint density at radius 3 is 1.82 bits per heavy atom. The maximum atomic E-state index is 5.56. The standard InChI is InChI=1S/C25H23NO2/c1-16-10-12-19(13-11-16)25-21-15-23(28-4)22(27-3)14-20(21)17(2)24(26-25)18-8-6-5-7-9-18/h5-15H,1-4H3. The van der Waals surface area contributed by atoms with Gasteiger partial charge in [0.2, 0.25) is 0 Å². The van der Waals surface area contributed by atoms with Crippen LogP contribution in [0.1, 0.15) is 11.1 Å². The molecule has 0 atom stereocenters. The summed E-state index contributed by atoms with van der Waals surface area (Å²) in [6.07, 6.45) is 0. The molecule has 0 radical (unpaired) electrons. The van der Waals surface area contributed by atoms with Crippen LogP contribution in [0.3, 0.4) is 0 Å². The van der Waals surface area contributed by atoms with Crippen LogP contribution >= 0.6 is 0 Å². The molecule has 1 aromatic heterocycles. The first-order chi connectivity index (χ1) is 13.6. The van der Waals surface area contributed by atoms with Crippen LogP contribution in [0.2, 0.25) is 0 Å². The highest BCUT2D eigenvalue weighted by molar-refractivity contribution is 6.01. The normalized spacial score (nSPS) is 10.9. The van der Waals surface area contributed by atoms with Crippen molar-refractivity contribution in [2.75, 3.05) is 14.2 Å². The number of aromatic nitrogens is 1. The Morgan fingerprint density at radius 1 is 0.643 bits per heavy atom. The highest BCUT2D eigenvalue weighted by atomic mass is 16.5. The van der Waals surface area contributed by atoms with Gasteiger partial charge in [0.15, 0.2) is 11.5 Å². The molecule has 0 aliphatic rings. The molecule has 0 saturated heterocycles. The van der Waals surface area contributed by atoms with Gasteiger partial charge in [0.1, 0.15) is 0 Å². The van der Waals surface area contributed by atoms with E-state index in [1.54, 1.807) is 14.2 Å². The second-order valence-electron chi connectivity index (χ2n) is 6.92. The van der Waals surface area contributed by atoms with Crippen molar-refractivity contribution in [2.24, 2.45) is 0 Å². The molecular weight excluding hydrogens is 346 g/mol. The minimum Gasteiger partial charge on any atom is -0.493 e. The third-order valence-electron chi connectivity index (χ3n) is 5.13. The lowest BCUT2D eigenvalue weighted by Crippen LogP contribution is -1.98. The predicted octanol–water partition coefficient (Wildman–Crippen LogP) is 6.20. The number of benzene rings is 3. The van der Waals surface area contributed by atoms with Crippen molar-refractivity contribution >= 4 is 10.8 Å². The molecule has 0 aliphatic heterocycles. The van der Waals surface area contributed by atoms with Gasteiger partial charge in [-0.05, 0) is 36.9 Å². The average Bonchev–Trinajstić information content (AvgIpc) is 2.74. The number of fused-ring (bicyclic) bond motifs is 1. The molecular formula is C25H23NO2. The van der Waals surface area contributed by atoms with Gasteiger partial charge >= 0.3 is 0 Å². The SMILES string of the molecule is COc1cc2c(-c3ccc(C)cc3)nc(-c3ccccc3)c(C)c2cc1OC. The third-order valence-corrected chi connectivity index (χ3v) is 5.13. The Hall–Kier alpha value is -3.33. The molecule has 0 spiro atoms. The molecule has 0 amide bonds. The van der Waals surface area contributed by atoms with Gasteiger partial charge in [0.05, 0.1) is 25.6 Å². The van der Waals surface area contributed by atoms with E-state index < -0.39 is 0 Å². The molecule has 0 N–H and O–H groups in total. The smallest absolute Gasteiger partial charge is 0.161 e. The van der Waals surface area contributed by atoms with Crippen LogP contribution in [0.15, 0.2) is 66.7 Å². The Balaban J connectivity index is 2.10. The van der Waals surface area contributed by atoms with E-state index in [1.807, 2.05) is 24.3 Å². The van der Waals surface area contributed by atoms with E-state index in [-0.39, 0.29) is 0 Å². The van der Waals surface area contributed by atoms with Gasteiger partial charge in [-0.3, -0.25) is 0 Å². The number of nitrogens with zero attached hydrogens (tertiary/aromatic N) is 1. The van der Waals surface area contributed by atoms with Crippen molar-refractivity contribution in [3.8, 4) is 34.0 Å². The van der Waals surface area contributed by atoms with Crippen molar-refractivity contribution in [1.82, 2.24) is 4.98 Å². The monoisotopic (exact) mass is 369 g/mol. The van der Waals surface area contributed by atoms with Crippen LogP contribution in [0.5, 0.6) is 11.5 Å². The summed E-state index contributed by atoms with van der Waals surface area (Å²) < 4.78 is 11.1. The molecule has 0 bridgehead atoms. The third kappa shape index (κ3) is 3.09. The highest BCUT2D eigenvalue weighted by Crippen LogP contribution is 2.40. The lowest BCUT2D eigenvalue weighted by atomic mass is 9.95. The number of hydrogen-bond donors (Lipinski definition) is 0. The lowest BCUT2D eigenvalue weighted by Gasteiger charge is -2.17. The summed E-state index contributed by atoms with van der Waals surface area (Å²) in [5.41, 5.74) is 6.46. The fourth-order valence-corrected chi connectivity index (χ4v) is 3.58. The van der Waals surface area contributed by atoms with Crippen LogP contribution in [0.4, 0.5) is 0 Å². The summed E-state index contributed by atoms with van der Waals surface area (Å²) in [4.78, 5) is 5.11. The molecule has 4 rings (SSSR count). The van der Waals surface area contributed by atoms with E-state index in [2.05, 4.69) is 56.3 Å². The molecule has 0 aliphatic carbocycles. The van der Waals surface area contributed by atoms with Crippen LogP contribution in [0, 0.1) is 13.8 Å². The van der Waals surface area contributed by atoms with Crippen LogP contribution in [-0.4, -0.2) is 19.2 Å². The van der Waals surface area contributed by atoms with Crippen molar-refractivity contribution in [3.05, 3.63) is 77.9 Å². The van der Waals surface area contributed by atoms with E-state index >= 15 is 0 Å². The van der Waals surface area contributed by atoms with E-state index in [1.165, 1.54) is 5.56 Å². The summed E-state index contributed by atoms with van der Waals surface area (Å²) in [6.45, 7) is 4.20. The number of rotatable bonds is 4. The average molecular weight is 369 g/mol. The Kier molecular flexibility index (Phi) is 4.74. The number of hydrogen-bond acceptors (Lipinski definition) is 3. The molecule has 3 heteroatoms. The molecule has 1 heterocycles. The quantitative estimate of drug-likeness (QED) is 0.429. The minimum absolute atomic E-state index is 0.706. The molecule has 140 valence electrons. The second-order valence-corrected chi connectivity index (χ2v) is 6.92. The van der Waals surface area contributed by atoms with Crippen LogP contribution < -0.4 is 9.47 Å². The van der Waals surface area contributed by atoms with Gasteiger partial charge in [0, 0.05) is 16.5 Å². The van der Waals surface area contributed by atoms with Gasteiger partial charge < -0.3 is 9.47 Å². The van der Waals surface area contributed by atoms with E-state index in [4.69, 9.17) is 14.5 Å². The largest absolute Gasteiger partial charge is 0.493 e. The van der Waals surface area contributed by atoms with Crippen LogP contribution in [0.25, 0.3) is 33.3 Å². The highest BCUT2D eigenvalue weighted by Gasteiger charge is 2.17. The van der Waals surface area contributed by atoms with Gasteiger partial charge in [-0.2, -0.15) is 0 Å². The van der Waals surface area contributed by atoms with E-state index in [9.17, 15) is 0 Å². The second kappa shape index (κ2) is 7.35. The lowest BCUT2D eigenvalue weighted by molar-refractivity contribution is 0.356. The molecule has 0 fully saturated rings. The van der Waals surface area contributed by atoms with Crippen molar-refractivity contribution in [2.45, 2.75) is 13.8 Å². The van der Waals surface area contributed by atoms with E-state index in [0.29, 0.717) is 5.75 Å². The van der Waals surface area contributed by atoms with Crippen LogP contribution in [-0.2, 0) is 0 Å². The van der Waals surface area contributed by atoms with Crippen molar-refractivity contribution < 1.29 is 9.47 Å². The maximum Gasteiger partial charge on any atom is 0.161 e. The fraction of sp³-hybridized carbons (Fsp3) is 0.160. The Labute approximate surface area is 165 Å². The van der Waals surface area contributed by atoms with Gasteiger partial charge in [-0.15, -0.1) is 0 Å². The number of ether oxygens (including phenoxy) is 2. The Bertz CT molecular complexity index is 1130. The minimum atomic E-state index is 0.706. The van der Waals surface area contributed by atoms with Gasteiger partial charge in [-0.25, -0.2) is 4.98 Å². The summed E-state index contributed by atoms with van der Waals surface area (Å²) in [7, 11) is 3.33. The first kappa shape index (κ1) is 18.1. The van der Waals surface area contributed by atoms with E-state index in [0.717, 1.165) is 44.6 Å². The summed E-state index contributed by atoms with van der Waals surface area (Å²) in [5.74, 6) is 1.43. The summed E-state index contributed by atoms with van der Waals surface area (Å²) in [6, 6.07) is 22.9. The zero-order valence-electron chi connectivity index (χ0n) is 16.6. The molecule has 0 unspecified atom stereocenters. The first-order valence-corrected chi connectivity index (χ1v) is 9.31. The molecule has 0 saturated carbocycles. The zero-order valence-corrected chi connectivity index (χ0v) is 16.6. The Morgan fingerprint density at radius 2 is 1.21 bits per heavy atom. The molecule has 3 aromatic carbocycles. The summed E-state index contributed by atoms with van der Waals surface area (Å²) in [5, 5.41) is 2.17. The topological polar surface area (TPSA) is 31.4 Å². The number of methoxy groups -OCH3 is 2. The van der Waals surface area contributed by atoms with Crippen molar-refractivity contribution in [1.29, 1.82) is 0 Å². The predicted molar refractivity (Wildman–Crippen MR) is 115 cm³/mol. The molecule has 4 aromatic rings. The van der Waals surface area contributed by atoms with Gasteiger partial charge in [0.25, 0.3) is 0 Å².